The number of aromatic nitrogens is 4. The second-order valence-electron chi connectivity index (χ2n) is 5.66. The smallest absolute Gasteiger partial charge is 0.231 e. The van der Waals surface area contributed by atoms with E-state index in [2.05, 4.69) is 25.4 Å². The summed E-state index contributed by atoms with van der Waals surface area (Å²) in [5.41, 5.74) is 1.74. The van der Waals surface area contributed by atoms with Crippen LogP contribution >= 0.6 is 0 Å². The van der Waals surface area contributed by atoms with E-state index in [1.165, 1.54) is 0 Å². The van der Waals surface area contributed by atoms with Gasteiger partial charge < -0.3 is 9.26 Å². The lowest BCUT2D eigenvalue weighted by Crippen LogP contribution is -2.34. The minimum atomic E-state index is 0.276. The molecule has 0 radical (unpaired) electrons. The Labute approximate surface area is 128 Å². The Hall–Kier alpha value is -1.80. The second kappa shape index (κ2) is 6.97. The van der Waals surface area contributed by atoms with Gasteiger partial charge >= 0.3 is 0 Å². The molecule has 22 heavy (non-hydrogen) atoms. The molecule has 1 atom stereocenters. The largest absolute Gasteiger partial charge is 0.384 e. The van der Waals surface area contributed by atoms with Gasteiger partial charge in [-0.05, 0) is 26.3 Å². The van der Waals surface area contributed by atoms with Crippen LogP contribution in [-0.2, 0) is 17.7 Å². The fourth-order valence-electron chi connectivity index (χ4n) is 2.73. The molecule has 1 fully saturated rings. The maximum Gasteiger partial charge on any atom is 0.231 e. The maximum absolute atomic E-state index is 5.42. The molecule has 2 aromatic rings. The molecular weight excluding hydrogens is 286 g/mol. The summed E-state index contributed by atoms with van der Waals surface area (Å²) in [6, 6.07) is 0. The quantitative estimate of drug-likeness (QED) is 0.789. The van der Waals surface area contributed by atoms with Crippen LogP contribution in [0.5, 0.6) is 0 Å². The van der Waals surface area contributed by atoms with Crippen LogP contribution in [0.3, 0.4) is 0 Å². The van der Waals surface area contributed by atoms with Crippen LogP contribution in [0.15, 0.2) is 9.15 Å². The van der Waals surface area contributed by atoms with Crippen molar-refractivity contribution in [3.8, 4) is 0 Å². The van der Waals surface area contributed by atoms with Gasteiger partial charge in [0, 0.05) is 26.6 Å². The van der Waals surface area contributed by atoms with Crippen LogP contribution in [0.25, 0.3) is 0 Å². The standard InChI is InChI=1S/C14H21N5O3/c1-10-12(17-22-16-10)9-19-6-3-4-11(8-19)14-15-13(18-21-14)5-7-20-2/h11H,3-9H2,1-2H3/t11-/m1/s1. The van der Waals surface area contributed by atoms with E-state index in [1.807, 2.05) is 6.92 Å². The van der Waals surface area contributed by atoms with Gasteiger partial charge in [-0.1, -0.05) is 15.5 Å². The van der Waals surface area contributed by atoms with Crippen LogP contribution in [0.4, 0.5) is 0 Å². The Bertz CT molecular complexity index is 597. The molecule has 0 spiro atoms. The van der Waals surface area contributed by atoms with Crippen molar-refractivity contribution in [3.63, 3.8) is 0 Å². The van der Waals surface area contributed by atoms with E-state index in [1.54, 1.807) is 7.11 Å². The fraction of sp³-hybridized carbons (Fsp3) is 0.714. The normalized spacial score (nSPS) is 19.6. The zero-order chi connectivity index (χ0) is 15.4. The highest BCUT2D eigenvalue weighted by molar-refractivity contribution is 5.05. The highest BCUT2D eigenvalue weighted by atomic mass is 16.6. The molecule has 2 aromatic heterocycles. The van der Waals surface area contributed by atoms with Crippen molar-refractivity contribution in [2.24, 2.45) is 0 Å². The third-order valence-electron chi connectivity index (χ3n) is 3.99. The zero-order valence-electron chi connectivity index (χ0n) is 13.0. The Morgan fingerprint density at radius 2 is 2.23 bits per heavy atom. The summed E-state index contributed by atoms with van der Waals surface area (Å²) in [6.07, 6.45) is 2.85. The number of aryl methyl sites for hydroxylation is 1. The highest BCUT2D eigenvalue weighted by Gasteiger charge is 2.26. The summed E-state index contributed by atoms with van der Waals surface area (Å²) in [5, 5.41) is 11.8. The number of hydrogen-bond acceptors (Lipinski definition) is 8. The average Bonchev–Trinajstić information content (AvgIpc) is 3.15. The van der Waals surface area contributed by atoms with E-state index < -0.39 is 0 Å². The molecular formula is C14H21N5O3. The number of piperidine rings is 1. The van der Waals surface area contributed by atoms with Crippen LogP contribution in [-0.4, -0.2) is 52.2 Å². The monoisotopic (exact) mass is 307 g/mol. The van der Waals surface area contributed by atoms with Gasteiger partial charge in [0.05, 0.1) is 12.5 Å². The van der Waals surface area contributed by atoms with Crippen LogP contribution in [0.2, 0.25) is 0 Å². The van der Waals surface area contributed by atoms with E-state index in [9.17, 15) is 0 Å². The lowest BCUT2D eigenvalue weighted by molar-refractivity contribution is 0.175. The molecule has 1 aliphatic rings. The third kappa shape index (κ3) is 3.50. The van der Waals surface area contributed by atoms with Gasteiger partial charge in [0.1, 0.15) is 11.4 Å². The molecule has 3 rings (SSSR count). The second-order valence-corrected chi connectivity index (χ2v) is 5.66. The van der Waals surface area contributed by atoms with Gasteiger partial charge in [0.25, 0.3) is 0 Å². The lowest BCUT2D eigenvalue weighted by atomic mass is 9.98. The van der Waals surface area contributed by atoms with Crippen molar-refractivity contribution in [1.29, 1.82) is 0 Å². The Kier molecular flexibility index (Phi) is 4.79. The van der Waals surface area contributed by atoms with Crippen molar-refractivity contribution in [1.82, 2.24) is 25.4 Å². The summed E-state index contributed by atoms with van der Waals surface area (Å²) in [7, 11) is 1.67. The van der Waals surface area contributed by atoms with Gasteiger partial charge in [0.15, 0.2) is 5.82 Å². The van der Waals surface area contributed by atoms with Crippen LogP contribution in [0, 0.1) is 6.92 Å². The molecule has 8 heteroatoms. The van der Waals surface area contributed by atoms with Gasteiger partial charge in [-0.2, -0.15) is 4.98 Å². The first-order chi connectivity index (χ1) is 10.8. The summed E-state index contributed by atoms with van der Waals surface area (Å²) in [5.74, 6) is 1.72. The van der Waals surface area contributed by atoms with E-state index in [4.69, 9.17) is 13.9 Å². The minimum Gasteiger partial charge on any atom is -0.384 e. The SMILES string of the molecule is COCCc1noc([C@@H]2CCCN(Cc3nonc3C)C2)n1. The highest BCUT2D eigenvalue weighted by Crippen LogP contribution is 2.26. The molecule has 0 bridgehead atoms. The molecule has 0 unspecified atom stereocenters. The van der Waals surface area contributed by atoms with Gasteiger partial charge in [-0.25, -0.2) is 4.63 Å². The van der Waals surface area contributed by atoms with Gasteiger partial charge in [0.2, 0.25) is 5.89 Å². The molecule has 0 amide bonds. The van der Waals surface area contributed by atoms with E-state index in [0.717, 1.165) is 49.8 Å². The number of hydrogen-bond donors (Lipinski definition) is 0. The minimum absolute atomic E-state index is 0.276. The first-order valence-corrected chi connectivity index (χ1v) is 7.58. The Balaban J connectivity index is 1.60. The first kappa shape index (κ1) is 15.1. The van der Waals surface area contributed by atoms with E-state index >= 15 is 0 Å². The predicted octanol–water partition coefficient (Wildman–Crippen LogP) is 1.33. The third-order valence-corrected chi connectivity index (χ3v) is 3.99. The lowest BCUT2D eigenvalue weighted by Gasteiger charge is -2.30. The first-order valence-electron chi connectivity index (χ1n) is 7.58. The van der Waals surface area contributed by atoms with Crippen LogP contribution < -0.4 is 0 Å². The molecule has 120 valence electrons. The van der Waals surface area contributed by atoms with Crippen molar-refractivity contribution in [2.75, 3.05) is 26.8 Å². The van der Waals surface area contributed by atoms with Gasteiger partial charge in [-0.3, -0.25) is 4.90 Å². The molecule has 0 saturated carbocycles. The van der Waals surface area contributed by atoms with Crippen molar-refractivity contribution >= 4 is 0 Å². The summed E-state index contributed by atoms with van der Waals surface area (Å²) >= 11 is 0. The van der Waals surface area contributed by atoms with Crippen molar-refractivity contribution in [2.45, 2.75) is 38.6 Å². The zero-order valence-corrected chi connectivity index (χ0v) is 13.0. The summed E-state index contributed by atoms with van der Waals surface area (Å²) in [4.78, 5) is 6.82. The van der Waals surface area contributed by atoms with E-state index in [0.29, 0.717) is 18.9 Å². The number of nitrogens with zero attached hydrogens (tertiary/aromatic N) is 5. The predicted molar refractivity (Wildman–Crippen MR) is 76.2 cm³/mol. The fourth-order valence-corrected chi connectivity index (χ4v) is 2.73. The number of ether oxygens (including phenoxy) is 1. The van der Waals surface area contributed by atoms with Crippen molar-refractivity contribution < 1.29 is 13.9 Å². The molecule has 0 N–H and O–H groups in total. The Morgan fingerprint density at radius 1 is 1.32 bits per heavy atom. The topological polar surface area (TPSA) is 90.3 Å². The number of likely N-dealkylation sites (tertiary alicyclic amines) is 1. The molecule has 8 nitrogen and oxygen atoms in total. The van der Waals surface area contributed by atoms with Gasteiger partial charge in [-0.15, -0.1) is 0 Å². The molecule has 1 aliphatic heterocycles. The maximum atomic E-state index is 5.42. The molecule has 3 heterocycles. The average molecular weight is 307 g/mol. The van der Waals surface area contributed by atoms with Crippen LogP contribution in [0.1, 0.15) is 41.9 Å². The number of rotatable bonds is 6. The Morgan fingerprint density at radius 3 is 3.00 bits per heavy atom. The van der Waals surface area contributed by atoms with Crippen molar-refractivity contribution in [3.05, 3.63) is 23.1 Å². The summed E-state index contributed by atoms with van der Waals surface area (Å²) in [6.45, 7) is 5.18. The molecule has 1 saturated heterocycles. The number of methoxy groups -OCH3 is 1. The summed E-state index contributed by atoms with van der Waals surface area (Å²) < 4.78 is 15.2. The molecule has 0 aliphatic carbocycles. The van der Waals surface area contributed by atoms with E-state index in [-0.39, 0.29) is 5.92 Å². The molecule has 0 aromatic carbocycles.